The van der Waals surface area contributed by atoms with Gasteiger partial charge in [-0.2, -0.15) is 13.2 Å². The highest BCUT2D eigenvalue weighted by molar-refractivity contribution is 7.80. The van der Waals surface area contributed by atoms with E-state index < -0.39 is 18.5 Å². The summed E-state index contributed by atoms with van der Waals surface area (Å²) < 4.78 is 64.3. The summed E-state index contributed by atoms with van der Waals surface area (Å²) in [7, 11) is -4.58. The molecule has 0 spiro atoms. The lowest BCUT2D eigenvalue weighted by Gasteiger charge is -2.43. The molecule has 1 unspecified atom stereocenters. The fourth-order valence-electron chi connectivity index (χ4n) is 5.55. The average molecular weight is 557 g/mol. The molecule has 0 aliphatic rings. The number of phenols is 1. The SMILES string of the molecule is Cc1cc(C(c2ccc(-c3ccccc3)cc2)(C(F)(F)F)P(=O)(c2ccccc2)c2ccccc2)cc(C)c1O. The van der Waals surface area contributed by atoms with E-state index in [9.17, 15) is 5.11 Å². The minimum atomic E-state index is -5.00. The molecule has 0 fully saturated rings. The first-order valence-corrected chi connectivity index (χ1v) is 14.6. The standard InChI is InChI=1S/C34H28F3O2P/c1-24-22-29(23-25(2)32(24)38)33(34(35,36)37,28-20-18-27(19-21-28)26-12-6-3-7-13-26)40(39,30-14-8-4-9-15-30)31-16-10-5-11-17-31/h3-23,38H,1-2H3. The Morgan fingerprint density at radius 2 is 0.975 bits per heavy atom. The predicted molar refractivity (Wildman–Crippen MR) is 156 cm³/mol. The molecular formula is C34H28F3O2P. The van der Waals surface area contributed by atoms with E-state index in [1.165, 1.54) is 48.5 Å². The van der Waals surface area contributed by atoms with Crippen molar-refractivity contribution in [3.8, 4) is 16.9 Å². The third kappa shape index (κ3) is 4.35. The van der Waals surface area contributed by atoms with Gasteiger partial charge in [0.25, 0.3) is 0 Å². The minimum Gasteiger partial charge on any atom is -0.507 e. The molecular weight excluding hydrogens is 528 g/mol. The van der Waals surface area contributed by atoms with Crippen LogP contribution in [0.4, 0.5) is 13.2 Å². The zero-order valence-corrected chi connectivity index (χ0v) is 23.0. The van der Waals surface area contributed by atoms with Crippen molar-refractivity contribution >= 4 is 17.8 Å². The van der Waals surface area contributed by atoms with Gasteiger partial charge in [-0.25, -0.2) is 0 Å². The van der Waals surface area contributed by atoms with Crippen molar-refractivity contribution in [1.29, 1.82) is 0 Å². The molecule has 0 bridgehead atoms. The van der Waals surface area contributed by atoms with Crippen LogP contribution in [0.2, 0.25) is 0 Å². The normalized spacial score (nSPS) is 13.5. The predicted octanol–water partition coefficient (Wildman–Crippen LogP) is 8.50. The van der Waals surface area contributed by atoms with E-state index in [0.29, 0.717) is 0 Å². The maximum atomic E-state index is 16.2. The number of phenolic OH excluding ortho intramolecular Hbond substituents is 1. The summed E-state index contributed by atoms with van der Waals surface area (Å²) in [5.41, 5.74) is 1.83. The summed E-state index contributed by atoms with van der Waals surface area (Å²) in [5.74, 6) is -0.0893. The van der Waals surface area contributed by atoms with Gasteiger partial charge in [-0.1, -0.05) is 127 Å². The average Bonchev–Trinajstić information content (AvgIpc) is 2.97. The minimum absolute atomic E-state index is 0.0893. The Hall–Kier alpha value is -4.08. The van der Waals surface area contributed by atoms with Gasteiger partial charge in [0.2, 0.25) is 0 Å². The first kappa shape index (κ1) is 27.5. The van der Waals surface area contributed by atoms with Gasteiger partial charge in [-0.3, -0.25) is 0 Å². The summed E-state index contributed by atoms with van der Waals surface area (Å²) in [6.07, 6.45) is -5.00. The fraction of sp³-hybridized carbons (Fsp3) is 0.118. The fourth-order valence-corrected chi connectivity index (χ4v) is 9.17. The molecule has 0 amide bonds. The Balaban J connectivity index is 1.95. The van der Waals surface area contributed by atoms with E-state index in [-0.39, 0.29) is 38.6 Å². The molecule has 2 nitrogen and oxygen atoms in total. The molecule has 5 aromatic rings. The van der Waals surface area contributed by atoms with Crippen molar-refractivity contribution in [2.75, 3.05) is 0 Å². The van der Waals surface area contributed by atoms with Crippen molar-refractivity contribution in [1.82, 2.24) is 0 Å². The number of alkyl halides is 3. The molecule has 40 heavy (non-hydrogen) atoms. The van der Waals surface area contributed by atoms with Gasteiger partial charge in [0.05, 0.1) is 0 Å². The molecule has 202 valence electrons. The Labute approximate surface area is 232 Å². The molecule has 0 saturated carbocycles. The van der Waals surface area contributed by atoms with Gasteiger partial charge in [0.15, 0.2) is 12.3 Å². The smallest absolute Gasteiger partial charge is 0.409 e. The van der Waals surface area contributed by atoms with Gasteiger partial charge in [0.1, 0.15) is 5.75 Å². The van der Waals surface area contributed by atoms with Crippen molar-refractivity contribution < 1.29 is 22.8 Å². The van der Waals surface area contributed by atoms with Gasteiger partial charge in [-0.05, 0) is 47.2 Å². The summed E-state index contributed by atoms with van der Waals surface area (Å²) in [5, 5.41) is 7.75. The summed E-state index contributed by atoms with van der Waals surface area (Å²) >= 11 is 0. The molecule has 1 N–H and O–H groups in total. The third-order valence-electron chi connectivity index (χ3n) is 7.44. The van der Waals surface area contributed by atoms with Crippen molar-refractivity contribution in [3.05, 3.63) is 150 Å². The highest BCUT2D eigenvalue weighted by Gasteiger charge is 2.68. The third-order valence-corrected chi connectivity index (χ3v) is 11.2. The number of rotatable bonds is 6. The van der Waals surface area contributed by atoms with Crippen LogP contribution in [0.25, 0.3) is 11.1 Å². The topological polar surface area (TPSA) is 37.3 Å². The lowest BCUT2D eigenvalue weighted by atomic mass is 9.86. The molecule has 1 atom stereocenters. The molecule has 0 heterocycles. The Bertz CT molecular complexity index is 1600. The van der Waals surface area contributed by atoms with Gasteiger partial charge in [0, 0.05) is 10.6 Å². The summed E-state index contributed by atoms with van der Waals surface area (Å²) in [6, 6.07) is 34.0. The lowest BCUT2D eigenvalue weighted by Crippen LogP contribution is -2.48. The number of aryl methyl sites for hydroxylation is 2. The number of hydrogen-bond acceptors (Lipinski definition) is 2. The number of hydrogen-bond donors (Lipinski definition) is 1. The van der Waals surface area contributed by atoms with E-state index in [1.807, 2.05) is 30.3 Å². The zero-order chi connectivity index (χ0) is 28.5. The Morgan fingerprint density at radius 1 is 0.575 bits per heavy atom. The molecule has 5 aromatic carbocycles. The summed E-state index contributed by atoms with van der Waals surface area (Å²) in [4.78, 5) is 0. The highest BCUT2D eigenvalue weighted by atomic mass is 31.2. The maximum absolute atomic E-state index is 16.2. The second-order valence-electron chi connectivity index (χ2n) is 9.89. The van der Waals surface area contributed by atoms with E-state index >= 15 is 17.7 Å². The largest absolute Gasteiger partial charge is 0.507 e. The summed E-state index contributed by atoms with van der Waals surface area (Å²) in [6.45, 7) is 3.11. The van der Waals surface area contributed by atoms with Gasteiger partial charge < -0.3 is 9.67 Å². The molecule has 0 aliphatic carbocycles. The Morgan fingerprint density at radius 3 is 1.40 bits per heavy atom. The number of aromatic hydroxyl groups is 1. The maximum Gasteiger partial charge on any atom is 0.409 e. The molecule has 6 heteroatoms. The van der Waals surface area contributed by atoms with Crippen LogP contribution >= 0.6 is 7.14 Å². The van der Waals surface area contributed by atoms with Crippen LogP contribution in [-0.2, 0) is 9.72 Å². The van der Waals surface area contributed by atoms with Crippen LogP contribution < -0.4 is 10.6 Å². The molecule has 0 aliphatic heterocycles. The first-order chi connectivity index (χ1) is 19.1. The van der Waals surface area contributed by atoms with Gasteiger partial charge in [-0.15, -0.1) is 0 Å². The quantitative estimate of drug-likeness (QED) is 0.213. The van der Waals surface area contributed by atoms with Crippen LogP contribution in [0.3, 0.4) is 0 Å². The molecule has 0 radical (unpaired) electrons. The monoisotopic (exact) mass is 556 g/mol. The van der Waals surface area contributed by atoms with E-state index in [4.69, 9.17) is 0 Å². The number of benzene rings is 5. The molecule has 0 aromatic heterocycles. The zero-order valence-electron chi connectivity index (χ0n) is 22.1. The first-order valence-electron chi connectivity index (χ1n) is 12.9. The van der Waals surface area contributed by atoms with Gasteiger partial charge >= 0.3 is 6.18 Å². The molecule has 0 saturated heterocycles. The van der Waals surface area contributed by atoms with Crippen LogP contribution in [0.5, 0.6) is 5.75 Å². The second-order valence-corrected chi connectivity index (χ2v) is 12.8. The van der Waals surface area contributed by atoms with Crippen LogP contribution in [0.1, 0.15) is 22.3 Å². The van der Waals surface area contributed by atoms with E-state index in [2.05, 4.69) is 0 Å². The Kier molecular flexibility index (Phi) is 7.20. The van der Waals surface area contributed by atoms with Crippen LogP contribution in [0.15, 0.2) is 127 Å². The van der Waals surface area contributed by atoms with E-state index in [0.717, 1.165) is 11.1 Å². The van der Waals surface area contributed by atoms with E-state index in [1.54, 1.807) is 62.4 Å². The van der Waals surface area contributed by atoms with Crippen LogP contribution in [0, 0.1) is 13.8 Å². The van der Waals surface area contributed by atoms with Crippen molar-refractivity contribution in [2.24, 2.45) is 0 Å². The lowest BCUT2D eigenvalue weighted by molar-refractivity contribution is -0.154. The van der Waals surface area contributed by atoms with Crippen LogP contribution in [-0.4, -0.2) is 11.3 Å². The number of halogens is 3. The molecule has 5 rings (SSSR count). The second kappa shape index (κ2) is 10.5. The van der Waals surface area contributed by atoms with Crippen molar-refractivity contribution in [2.45, 2.75) is 25.2 Å². The van der Waals surface area contributed by atoms with Crippen molar-refractivity contribution in [3.63, 3.8) is 0 Å². The highest BCUT2D eigenvalue weighted by Crippen LogP contribution is 2.71.